The second-order valence-electron chi connectivity index (χ2n) is 19.2. The van der Waals surface area contributed by atoms with Crippen LogP contribution in [0, 0.1) is 45.8 Å². The molecule has 13 heteroatoms. The van der Waals surface area contributed by atoms with Crippen LogP contribution in [-0.2, 0) is 18.9 Å². The van der Waals surface area contributed by atoms with Crippen molar-refractivity contribution in [2.24, 2.45) is 45.8 Å². The molecule has 7 aliphatic rings. The minimum absolute atomic E-state index is 0.0120. The average Bonchev–Trinajstić information content (AvgIpc) is 3.49. The summed E-state index contributed by atoms with van der Waals surface area (Å²) in [5, 5.41) is 96.2. The molecule has 2 saturated heterocycles. The first-order chi connectivity index (χ1) is 24.8. The number of fused-ring (bicyclic) bond motifs is 7. The van der Waals surface area contributed by atoms with Crippen molar-refractivity contribution in [1.29, 1.82) is 0 Å². The van der Waals surface area contributed by atoms with E-state index in [1.807, 2.05) is 6.92 Å². The Labute approximate surface area is 313 Å². The van der Waals surface area contributed by atoms with Gasteiger partial charge >= 0.3 is 0 Å². The van der Waals surface area contributed by atoms with Crippen molar-refractivity contribution in [2.45, 2.75) is 178 Å². The molecule has 0 bridgehead atoms. The van der Waals surface area contributed by atoms with E-state index < -0.39 is 91.9 Å². The number of hydrogen-bond acceptors (Lipinski definition) is 13. The first-order valence-electron chi connectivity index (χ1n) is 20.1. The van der Waals surface area contributed by atoms with Crippen molar-refractivity contribution in [1.82, 2.24) is 0 Å². The predicted molar refractivity (Wildman–Crippen MR) is 190 cm³/mol. The van der Waals surface area contributed by atoms with Crippen LogP contribution in [0.25, 0.3) is 0 Å². The number of ether oxygens (including phenoxy) is 4. The van der Waals surface area contributed by atoms with Crippen LogP contribution in [0.2, 0.25) is 0 Å². The van der Waals surface area contributed by atoms with E-state index >= 15 is 0 Å². The number of allylic oxidation sites excluding steroid dienone is 1. The van der Waals surface area contributed by atoms with Gasteiger partial charge in [-0.25, -0.2) is 0 Å². The average molecular weight is 755 g/mol. The van der Waals surface area contributed by atoms with Crippen LogP contribution in [-0.4, -0.2) is 138 Å². The van der Waals surface area contributed by atoms with E-state index in [0.717, 1.165) is 56.9 Å². The Bertz CT molecular complexity index is 1360. The SMILES string of the molecule is C=C(C)C1CCC2(OC3OC(COC4OC(CO)C(O)C(O)C4O)C(O)C(O)C3O)CCC3(C)C(CCC4C5(C)CCC(O)C(C)(O)C5CCC43C)C12. The highest BCUT2D eigenvalue weighted by atomic mass is 16.7. The van der Waals surface area contributed by atoms with Gasteiger partial charge in [0, 0.05) is 0 Å². The van der Waals surface area contributed by atoms with Crippen LogP contribution >= 0.6 is 0 Å². The van der Waals surface area contributed by atoms with Gasteiger partial charge in [-0.05, 0) is 124 Å². The molecule has 21 unspecified atom stereocenters. The zero-order valence-corrected chi connectivity index (χ0v) is 32.1. The molecule has 13 nitrogen and oxygen atoms in total. The van der Waals surface area contributed by atoms with Gasteiger partial charge in [0.15, 0.2) is 12.6 Å². The molecule has 7 rings (SSSR count). The van der Waals surface area contributed by atoms with E-state index in [1.165, 1.54) is 0 Å². The van der Waals surface area contributed by atoms with Crippen LogP contribution in [0.1, 0.15) is 98.8 Å². The predicted octanol–water partition coefficient (Wildman–Crippen LogP) is 1.12. The summed E-state index contributed by atoms with van der Waals surface area (Å²) in [5.41, 5.74) is -0.868. The van der Waals surface area contributed by atoms with Crippen molar-refractivity contribution in [3.63, 3.8) is 0 Å². The van der Waals surface area contributed by atoms with E-state index in [0.29, 0.717) is 18.8 Å². The Balaban J connectivity index is 1.13. The van der Waals surface area contributed by atoms with Crippen molar-refractivity contribution in [3.05, 3.63) is 12.2 Å². The first kappa shape index (κ1) is 40.4. The Kier molecular flexibility index (Phi) is 10.6. The highest BCUT2D eigenvalue weighted by Crippen LogP contribution is 2.76. The monoisotopic (exact) mass is 754 g/mol. The molecule has 2 aliphatic heterocycles. The van der Waals surface area contributed by atoms with Gasteiger partial charge in [0.25, 0.3) is 0 Å². The highest BCUT2D eigenvalue weighted by Gasteiger charge is 2.72. The molecule has 5 saturated carbocycles. The second-order valence-corrected chi connectivity index (χ2v) is 19.2. The van der Waals surface area contributed by atoms with Gasteiger partial charge in [-0.15, -0.1) is 0 Å². The third kappa shape index (κ3) is 5.97. The van der Waals surface area contributed by atoms with Crippen molar-refractivity contribution in [2.75, 3.05) is 13.2 Å². The zero-order chi connectivity index (χ0) is 38.6. The quantitative estimate of drug-likeness (QED) is 0.132. The number of rotatable bonds is 7. The molecule has 5 aliphatic carbocycles. The van der Waals surface area contributed by atoms with Crippen LogP contribution in [0.15, 0.2) is 12.2 Å². The fourth-order valence-electron chi connectivity index (χ4n) is 13.7. The van der Waals surface area contributed by atoms with Gasteiger partial charge in [0.1, 0.15) is 48.8 Å². The van der Waals surface area contributed by atoms with Crippen LogP contribution in [0.3, 0.4) is 0 Å². The van der Waals surface area contributed by atoms with Gasteiger partial charge in [0.2, 0.25) is 0 Å². The molecule has 304 valence electrons. The summed E-state index contributed by atoms with van der Waals surface area (Å²) in [5.74, 6) is 0.942. The molecule has 0 amide bonds. The van der Waals surface area contributed by atoms with E-state index in [2.05, 4.69) is 34.3 Å². The lowest BCUT2D eigenvalue weighted by Gasteiger charge is -2.72. The maximum Gasteiger partial charge on any atom is 0.187 e. The van der Waals surface area contributed by atoms with E-state index in [4.69, 9.17) is 18.9 Å². The van der Waals surface area contributed by atoms with Crippen molar-refractivity contribution >= 4 is 0 Å². The van der Waals surface area contributed by atoms with Gasteiger partial charge in [0.05, 0.1) is 30.5 Å². The lowest BCUT2D eigenvalue weighted by atomic mass is 9.33. The van der Waals surface area contributed by atoms with Crippen LogP contribution in [0.4, 0.5) is 0 Å². The smallest absolute Gasteiger partial charge is 0.187 e. The Hall–Kier alpha value is -0.780. The fourth-order valence-corrected chi connectivity index (χ4v) is 13.7. The highest BCUT2D eigenvalue weighted by molar-refractivity contribution is 5.23. The first-order valence-corrected chi connectivity index (χ1v) is 20.1. The molecule has 0 radical (unpaired) electrons. The minimum Gasteiger partial charge on any atom is -0.394 e. The topological polar surface area (TPSA) is 219 Å². The molecular formula is C40H66O13. The summed E-state index contributed by atoms with van der Waals surface area (Å²) in [6.45, 7) is 14.6. The second kappa shape index (κ2) is 14.0. The number of hydrogen-bond donors (Lipinski definition) is 9. The third-order valence-corrected chi connectivity index (χ3v) is 16.9. The summed E-state index contributed by atoms with van der Waals surface area (Å²) in [4.78, 5) is 0. The molecular weight excluding hydrogens is 688 g/mol. The number of aliphatic hydroxyl groups is 9. The molecule has 0 aromatic rings. The molecule has 2 heterocycles. The molecule has 53 heavy (non-hydrogen) atoms. The van der Waals surface area contributed by atoms with E-state index in [9.17, 15) is 46.0 Å². The normalized spacial score (nSPS) is 58.2. The van der Waals surface area contributed by atoms with Crippen molar-refractivity contribution < 1.29 is 64.9 Å². The molecule has 0 aromatic carbocycles. The maximum atomic E-state index is 11.6. The lowest BCUT2D eigenvalue weighted by molar-refractivity contribution is -0.356. The molecule has 0 spiro atoms. The molecule has 0 aromatic heterocycles. The van der Waals surface area contributed by atoms with Gasteiger partial charge in [-0.2, -0.15) is 0 Å². The molecule has 7 fully saturated rings. The largest absolute Gasteiger partial charge is 0.394 e. The van der Waals surface area contributed by atoms with Gasteiger partial charge in [-0.1, -0.05) is 32.9 Å². The van der Waals surface area contributed by atoms with Crippen LogP contribution < -0.4 is 0 Å². The summed E-state index contributed by atoms with van der Waals surface area (Å²) in [6, 6.07) is 0. The Morgan fingerprint density at radius 1 is 0.679 bits per heavy atom. The summed E-state index contributed by atoms with van der Waals surface area (Å²) < 4.78 is 24.3. The third-order valence-electron chi connectivity index (χ3n) is 16.9. The lowest BCUT2D eigenvalue weighted by Crippen LogP contribution is -2.69. The summed E-state index contributed by atoms with van der Waals surface area (Å²) in [6.07, 6.45) is -6.98. The Morgan fingerprint density at radius 3 is 1.98 bits per heavy atom. The van der Waals surface area contributed by atoms with E-state index in [-0.39, 0.29) is 39.9 Å². The summed E-state index contributed by atoms with van der Waals surface area (Å²) >= 11 is 0. The molecule has 9 N–H and O–H groups in total. The summed E-state index contributed by atoms with van der Waals surface area (Å²) in [7, 11) is 0. The van der Waals surface area contributed by atoms with Crippen molar-refractivity contribution in [3.8, 4) is 0 Å². The zero-order valence-electron chi connectivity index (χ0n) is 32.1. The maximum absolute atomic E-state index is 11.6. The Morgan fingerprint density at radius 2 is 1.32 bits per heavy atom. The standard InChI is InChI=1S/C40H66O13/c1-19(2)20-9-14-40(53-35-33(48)31(46)29(44)23(52-35)18-50-34-32(47)30(45)28(43)22(17-41)51-34)16-15-37(4)21(27(20)40)7-8-24-36(3)12-11-26(42)39(6,49)25(36)10-13-38(24,37)5/h20-35,41-49H,1,7-18H2,2-6H3. The van der Waals surface area contributed by atoms with E-state index in [1.54, 1.807) is 0 Å². The van der Waals surface area contributed by atoms with Gasteiger partial charge < -0.3 is 64.9 Å². The van der Waals surface area contributed by atoms with Crippen LogP contribution in [0.5, 0.6) is 0 Å². The molecule has 21 atom stereocenters. The number of aliphatic hydroxyl groups excluding tert-OH is 8. The van der Waals surface area contributed by atoms with Gasteiger partial charge in [-0.3, -0.25) is 0 Å². The minimum atomic E-state index is -1.66. The fraction of sp³-hybridized carbons (Fsp3) is 0.950.